The van der Waals surface area contributed by atoms with Gasteiger partial charge in [-0.3, -0.25) is 9.05 Å². The molecule has 0 heterocycles. The van der Waals surface area contributed by atoms with E-state index in [1.54, 1.807) is 6.92 Å². The molecule has 0 bridgehead atoms. The minimum Gasteiger partial charge on any atom is -0.284 e. The van der Waals surface area contributed by atoms with Gasteiger partial charge in [0.2, 0.25) is 0 Å². The summed E-state index contributed by atoms with van der Waals surface area (Å²) in [6.45, 7) is 4.10. The topological polar surface area (TPSA) is 35.5 Å². The molecule has 0 saturated carbocycles. The van der Waals surface area contributed by atoms with Crippen molar-refractivity contribution in [1.29, 1.82) is 0 Å². The largest absolute Gasteiger partial charge is 0.513 e. The average molecular weight is 379 g/mol. The summed E-state index contributed by atoms with van der Waals surface area (Å²) in [6.07, 6.45) is 21.8. The highest BCUT2D eigenvalue weighted by molar-refractivity contribution is 7.48. The molecule has 0 aliphatic rings. The fourth-order valence-corrected chi connectivity index (χ4v) is 3.44. The fourth-order valence-electron chi connectivity index (χ4n) is 2.71. The van der Waals surface area contributed by atoms with Crippen LogP contribution in [0.1, 0.15) is 104 Å². The quantitative estimate of drug-likeness (QED) is 0.129. The molecular formula is C20H40FO3P. The Labute approximate surface area is 155 Å². The maximum atomic E-state index is 13.1. The highest BCUT2D eigenvalue weighted by Crippen LogP contribution is 2.49. The van der Waals surface area contributed by atoms with E-state index in [2.05, 4.69) is 28.1 Å². The second-order valence-corrected chi connectivity index (χ2v) is 8.00. The lowest BCUT2D eigenvalue weighted by atomic mass is 10.1. The molecule has 0 aliphatic heterocycles. The summed E-state index contributed by atoms with van der Waals surface area (Å²) in [6, 6.07) is 0. The zero-order valence-electron chi connectivity index (χ0n) is 16.5. The van der Waals surface area contributed by atoms with Gasteiger partial charge in [0, 0.05) is 0 Å². The number of hydrogen-bond acceptors (Lipinski definition) is 3. The van der Waals surface area contributed by atoms with Gasteiger partial charge in [0.25, 0.3) is 0 Å². The second-order valence-electron chi connectivity index (χ2n) is 6.62. The van der Waals surface area contributed by atoms with Crippen LogP contribution in [-0.2, 0) is 13.6 Å². The van der Waals surface area contributed by atoms with Gasteiger partial charge in [-0.15, -0.1) is 4.20 Å². The molecule has 0 saturated heterocycles. The van der Waals surface area contributed by atoms with Gasteiger partial charge >= 0.3 is 7.91 Å². The van der Waals surface area contributed by atoms with Crippen LogP contribution in [0.5, 0.6) is 0 Å². The Morgan fingerprint density at radius 3 is 1.72 bits per heavy atom. The minimum absolute atomic E-state index is 0.0706. The van der Waals surface area contributed by atoms with Crippen LogP contribution in [-0.4, -0.2) is 13.2 Å². The van der Waals surface area contributed by atoms with E-state index < -0.39 is 7.91 Å². The average Bonchev–Trinajstić information content (AvgIpc) is 2.57. The van der Waals surface area contributed by atoms with Crippen LogP contribution in [0.25, 0.3) is 0 Å². The van der Waals surface area contributed by atoms with E-state index in [4.69, 9.17) is 0 Å². The highest BCUT2D eigenvalue weighted by atomic mass is 31.2. The van der Waals surface area contributed by atoms with Gasteiger partial charge in [-0.05, 0) is 39.0 Å². The monoisotopic (exact) mass is 378 g/mol. The highest BCUT2D eigenvalue weighted by Gasteiger charge is 2.22. The van der Waals surface area contributed by atoms with Crippen LogP contribution < -0.4 is 0 Å². The van der Waals surface area contributed by atoms with E-state index in [9.17, 15) is 8.76 Å². The Bertz CT molecular complexity index is 348. The third-order valence-corrected chi connectivity index (χ3v) is 5.24. The molecule has 0 N–H and O–H groups in total. The van der Waals surface area contributed by atoms with Crippen molar-refractivity contribution in [3.8, 4) is 0 Å². The van der Waals surface area contributed by atoms with Crippen LogP contribution in [0.3, 0.4) is 0 Å². The molecule has 150 valence electrons. The van der Waals surface area contributed by atoms with Gasteiger partial charge in [0.1, 0.15) is 0 Å². The lowest BCUT2D eigenvalue weighted by molar-refractivity contribution is 0.178. The predicted molar refractivity (Wildman–Crippen MR) is 106 cm³/mol. The SMILES string of the molecule is CCCCCCCC/C=C\CCCCCCCCOP(=O)(F)OCC. The summed E-state index contributed by atoms with van der Waals surface area (Å²) < 4.78 is 33.2. The molecule has 0 radical (unpaired) electrons. The summed E-state index contributed by atoms with van der Waals surface area (Å²) in [5.41, 5.74) is 0. The lowest BCUT2D eigenvalue weighted by Crippen LogP contribution is -1.94. The fraction of sp³-hybridized carbons (Fsp3) is 0.900. The van der Waals surface area contributed by atoms with Crippen LogP contribution >= 0.6 is 7.91 Å². The molecular weight excluding hydrogens is 338 g/mol. The van der Waals surface area contributed by atoms with E-state index in [0.717, 1.165) is 19.3 Å². The van der Waals surface area contributed by atoms with Crippen LogP contribution in [0.2, 0.25) is 0 Å². The Balaban J connectivity index is 3.21. The van der Waals surface area contributed by atoms with E-state index >= 15 is 0 Å². The Kier molecular flexibility index (Phi) is 18.5. The molecule has 25 heavy (non-hydrogen) atoms. The molecule has 0 aliphatic carbocycles. The maximum Gasteiger partial charge on any atom is 0.513 e. The van der Waals surface area contributed by atoms with Crippen molar-refractivity contribution in [1.82, 2.24) is 0 Å². The molecule has 0 rings (SSSR count). The number of rotatable bonds is 19. The number of hydrogen-bond donors (Lipinski definition) is 0. The third kappa shape index (κ3) is 20.0. The summed E-state index contributed by atoms with van der Waals surface area (Å²) >= 11 is 0. The van der Waals surface area contributed by atoms with Crippen LogP contribution in [0.4, 0.5) is 4.20 Å². The van der Waals surface area contributed by atoms with Crippen molar-refractivity contribution in [3.63, 3.8) is 0 Å². The zero-order chi connectivity index (χ0) is 18.6. The molecule has 0 fully saturated rings. The van der Waals surface area contributed by atoms with Crippen molar-refractivity contribution in [3.05, 3.63) is 12.2 Å². The van der Waals surface area contributed by atoms with E-state index in [0.29, 0.717) is 0 Å². The Morgan fingerprint density at radius 2 is 1.20 bits per heavy atom. The molecule has 0 amide bonds. The third-order valence-electron chi connectivity index (χ3n) is 4.18. The summed E-state index contributed by atoms with van der Waals surface area (Å²) in [7, 11) is -4.29. The van der Waals surface area contributed by atoms with Crippen molar-refractivity contribution in [2.45, 2.75) is 104 Å². The second kappa shape index (κ2) is 18.6. The first kappa shape index (κ1) is 24.8. The van der Waals surface area contributed by atoms with Gasteiger partial charge in [0.05, 0.1) is 13.2 Å². The van der Waals surface area contributed by atoms with Crippen LogP contribution in [0.15, 0.2) is 12.2 Å². The lowest BCUT2D eigenvalue weighted by Gasteiger charge is -2.08. The first-order valence-electron chi connectivity index (χ1n) is 10.4. The molecule has 0 aromatic carbocycles. The molecule has 1 unspecified atom stereocenters. The minimum atomic E-state index is -4.29. The van der Waals surface area contributed by atoms with E-state index in [1.807, 2.05) is 0 Å². The van der Waals surface area contributed by atoms with Gasteiger partial charge in [-0.1, -0.05) is 76.9 Å². The first-order chi connectivity index (χ1) is 12.1. The normalized spacial score (nSPS) is 14.2. The Hall–Kier alpha value is -0.180. The zero-order valence-corrected chi connectivity index (χ0v) is 17.4. The molecule has 0 spiro atoms. The molecule has 1 atom stereocenters. The van der Waals surface area contributed by atoms with Crippen molar-refractivity contribution < 1.29 is 17.8 Å². The summed E-state index contributed by atoms with van der Waals surface area (Å²) in [5.74, 6) is 0. The number of halogens is 1. The molecule has 0 aromatic rings. The van der Waals surface area contributed by atoms with E-state index in [-0.39, 0.29) is 13.2 Å². The van der Waals surface area contributed by atoms with Gasteiger partial charge in [-0.25, -0.2) is 4.57 Å². The van der Waals surface area contributed by atoms with Gasteiger partial charge < -0.3 is 0 Å². The number of allylic oxidation sites excluding steroid dienone is 2. The predicted octanol–water partition coefficient (Wildman–Crippen LogP) is 8.15. The van der Waals surface area contributed by atoms with Crippen LogP contribution in [0, 0.1) is 0 Å². The van der Waals surface area contributed by atoms with E-state index in [1.165, 1.54) is 70.6 Å². The van der Waals surface area contributed by atoms with Crippen molar-refractivity contribution in [2.75, 3.05) is 13.2 Å². The smallest absolute Gasteiger partial charge is 0.284 e. The standard InChI is InChI=1S/C20H40FO3P/c1-3-5-6-7-8-9-10-11-12-13-14-15-16-17-18-19-20-24-25(21,22)23-4-2/h11-12H,3-10,13-20H2,1-2H3/b12-11-. The molecule has 5 heteroatoms. The van der Waals surface area contributed by atoms with Crippen molar-refractivity contribution in [2.24, 2.45) is 0 Å². The molecule has 0 aromatic heterocycles. The maximum absolute atomic E-state index is 13.1. The summed E-state index contributed by atoms with van der Waals surface area (Å²) in [5, 5.41) is 0. The van der Waals surface area contributed by atoms with Crippen molar-refractivity contribution >= 4 is 7.91 Å². The molecule has 3 nitrogen and oxygen atoms in total. The van der Waals surface area contributed by atoms with Gasteiger partial charge in [0.15, 0.2) is 0 Å². The number of unbranched alkanes of at least 4 members (excludes halogenated alkanes) is 12. The van der Waals surface area contributed by atoms with Gasteiger partial charge in [-0.2, -0.15) is 0 Å². The Morgan fingerprint density at radius 1 is 0.720 bits per heavy atom. The summed E-state index contributed by atoms with van der Waals surface area (Å²) in [4.78, 5) is 0. The first-order valence-corrected chi connectivity index (χ1v) is 11.8.